The van der Waals surface area contributed by atoms with Crippen LogP contribution in [0.3, 0.4) is 0 Å². The molecule has 1 unspecified atom stereocenters. The summed E-state index contributed by atoms with van der Waals surface area (Å²) in [6.45, 7) is -5.66. The van der Waals surface area contributed by atoms with Crippen molar-refractivity contribution in [2.24, 2.45) is 0 Å². The van der Waals surface area contributed by atoms with Gasteiger partial charge in [0.2, 0.25) is 0 Å². The number of rotatable bonds is 4. The summed E-state index contributed by atoms with van der Waals surface area (Å²) in [5.41, 5.74) is 0.379. The minimum Gasteiger partial charge on any atom is -0.508 e. The van der Waals surface area contributed by atoms with Crippen LogP contribution < -0.4 is 5.32 Å². The number of phenolic OH excluding ortho intramolecular Hbond substituents is 1. The van der Waals surface area contributed by atoms with Gasteiger partial charge >= 0.3 is 0 Å². The van der Waals surface area contributed by atoms with Gasteiger partial charge in [0.05, 0.1) is 6.10 Å². The molecule has 0 spiro atoms. The normalized spacial score (nSPS) is 20.5. The van der Waals surface area contributed by atoms with Gasteiger partial charge in [-0.3, -0.25) is 0 Å². The number of hydrogen-bond acceptors (Lipinski definition) is 3. The summed E-state index contributed by atoms with van der Waals surface area (Å²) in [5, 5.41) is 21.1. The lowest BCUT2D eigenvalue weighted by Crippen LogP contribution is -2.20. The highest BCUT2D eigenvalue weighted by atomic mass is 16.3. The third-order valence-corrected chi connectivity index (χ3v) is 1.64. The predicted molar refractivity (Wildman–Crippen MR) is 51.6 cm³/mol. The van der Waals surface area contributed by atoms with Gasteiger partial charge in [-0.05, 0) is 24.2 Å². The largest absolute Gasteiger partial charge is 0.508 e. The van der Waals surface area contributed by atoms with Gasteiger partial charge < -0.3 is 15.5 Å². The third-order valence-electron chi connectivity index (χ3n) is 1.64. The molecule has 0 aliphatic rings. The number of benzene rings is 1. The maximum atomic E-state index is 9.75. The van der Waals surface area contributed by atoms with Crippen molar-refractivity contribution in [2.45, 2.75) is 13.0 Å². The first kappa shape index (κ1) is 4.98. The summed E-state index contributed by atoms with van der Waals surface area (Å²) in [6.07, 6.45) is -1.10. The molecule has 0 aliphatic heterocycles. The molecule has 0 amide bonds. The van der Waals surface area contributed by atoms with Crippen molar-refractivity contribution in [3.05, 3.63) is 29.8 Å². The Kier molecular flexibility index (Phi) is 1.86. The van der Waals surface area contributed by atoms with Crippen LogP contribution in [0.5, 0.6) is 5.75 Å². The first-order valence-electron chi connectivity index (χ1n) is 6.35. The fourth-order valence-corrected chi connectivity index (χ4v) is 0.998. The molecular weight excluding hydrogens is 166 g/mol. The minimum absolute atomic E-state index is 0.0228. The van der Waals surface area contributed by atoms with E-state index in [4.69, 9.17) is 6.85 Å². The SMILES string of the molecule is [2H]C([2H])([2H])C([2H])([2H])NCC(O)c1cccc(O)c1. The van der Waals surface area contributed by atoms with Crippen LogP contribution in [-0.2, 0) is 0 Å². The Bertz CT molecular complexity index is 407. The highest BCUT2D eigenvalue weighted by Gasteiger charge is 2.06. The van der Waals surface area contributed by atoms with Crippen molar-refractivity contribution in [2.75, 3.05) is 13.0 Å². The molecule has 1 rings (SSSR count). The highest BCUT2D eigenvalue weighted by Crippen LogP contribution is 2.17. The number of hydrogen-bond donors (Lipinski definition) is 3. The zero-order chi connectivity index (χ0) is 14.0. The summed E-state index contributed by atoms with van der Waals surface area (Å²) in [6, 6.07) is 5.85. The van der Waals surface area contributed by atoms with Crippen molar-refractivity contribution in [1.29, 1.82) is 0 Å². The smallest absolute Gasteiger partial charge is 0.115 e. The van der Waals surface area contributed by atoms with Gasteiger partial charge in [-0.2, -0.15) is 0 Å². The fourth-order valence-electron chi connectivity index (χ4n) is 0.998. The molecule has 72 valence electrons. The quantitative estimate of drug-likeness (QED) is 0.658. The second-order valence-corrected chi connectivity index (χ2v) is 2.62. The average Bonchev–Trinajstić information content (AvgIpc) is 2.24. The van der Waals surface area contributed by atoms with Crippen LogP contribution in [0.4, 0.5) is 0 Å². The molecule has 0 aliphatic carbocycles. The number of aliphatic hydroxyl groups is 1. The van der Waals surface area contributed by atoms with E-state index in [9.17, 15) is 10.2 Å². The standard InChI is InChI=1S/C10H15NO2/c1-2-11-7-10(13)8-4-3-5-9(12)6-8/h3-6,10-13H,2,7H2,1H3/i1D3,2D2. The first-order valence-corrected chi connectivity index (χ1v) is 3.85. The van der Waals surface area contributed by atoms with Gasteiger partial charge in [0.1, 0.15) is 5.75 Å². The van der Waals surface area contributed by atoms with Crippen LogP contribution in [-0.4, -0.2) is 23.3 Å². The second-order valence-electron chi connectivity index (χ2n) is 2.62. The average molecular weight is 186 g/mol. The monoisotopic (exact) mass is 186 g/mol. The van der Waals surface area contributed by atoms with Crippen LogP contribution in [0.2, 0.25) is 0 Å². The van der Waals surface area contributed by atoms with Crippen LogP contribution in [0.15, 0.2) is 24.3 Å². The Morgan fingerprint density at radius 2 is 2.54 bits per heavy atom. The zero-order valence-corrected chi connectivity index (χ0v) is 6.99. The van der Waals surface area contributed by atoms with E-state index >= 15 is 0 Å². The minimum atomic E-state index is -2.81. The zero-order valence-electron chi connectivity index (χ0n) is 12.0. The summed E-state index contributed by atoms with van der Waals surface area (Å²) >= 11 is 0. The maximum Gasteiger partial charge on any atom is 0.115 e. The van der Waals surface area contributed by atoms with Crippen LogP contribution in [0.1, 0.15) is 25.4 Å². The maximum absolute atomic E-state index is 9.75. The fraction of sp³-hybridized carbons (Fsp3) is 0.400. The molecule has 0 saturated heterocycles. The summed E-state index contributed by atoms with van der Waals surface area (Å²) in [7, 11) is 0. The van der Waals surface area contributed by atoms with Crippen LogP contribution >= 0.6 is 0 Å². The third kappa shape index (κ3) is 3.05. The molecule has 0 fully saturated rings. The van der Waals surface area contributed by atoms with Gasteiger partial charge in [0, 0.05) is 13.4 Å². The molecule has 3 nitrogen and oxygen atoms in total. The molecule has 0 radical (unpaired) electrons. The lowest BCUT2D eigenvalue weighted by atomic mass is 10.1. The molecule has 1 aromatic carbocycles. The van der Waals surface area contributed by atoms with Gasteiger partial charge in [-0.15, -0.1) is 0 Å². The number of phenols is 1. The van der Waals surface area contributed by atoms with Gasteiger partial charge in [-0.25, -0.2) is 0 Å². The summed E-state index contributed by atoms with van der Waals surface area (Å²) < 4.78 is 35.6. The van der Waals surface area contributed by atoms with Crippen molar-refractivity contribution in [3.8, 4) is 5.75 Å². The van der Waals surface area contributed by atoms with Gasteiger partial charge in [0.25, 0.3) is 0 Å². The summed E-state index contributed by atoms with van der Waals surface area (Å²) in [5.74, 6) is -0.0228. The van der Waals surface area contributed by atoms with Crippen LogP contribution in [0.25, 0.3) is 0 Å². The van der Waals surface area contributed by atoms with Crippen molar-refractivity contribution < 1.29 is 17.1 Å². The summed E-state index contributed by atoms with van der Waals surface area (Å²) in [4.78, 5) is 0. The predicted octanol–water partition coefficient (Wildman–Crippen LogP) is 1.04. The molecule has 0 heterocycles. The van der Waals surface area contributed by atoms with Crippen molar-refractivity contribution in [1.82, 2.24) is 5.32 Å². The number of likely N-dealkylation sites (N-methyl/N-ethyl adjacent to an activating group) is 1. The Balaban J connectivity index is 2.64. The highest BCUT2D eigenvalue weighted by molar-refractivity contribution is 5.28. The van der Waals surface area contributed by atoms with E-state index in [1.54, 1.807) is 6.07 Å². The molecule has 3 heteroatoms. The Labute approximate surface area is 85.1 Å². The molecule has 0 bridgehead atoms. The molecule has 1 aromatic rings. The van der Waals surface area contributed by atoms with E-state index in [-0.39, 0.29) is 12.3 Å². The number of aliphatic hydroxyl groups excluding tert-OH is 1. The van der Waals surface area contributed by atoms with Crippen molar-refractivity contribution >= 4 is 0 Å². The van der Waals surface area contributed by atoms with Crippen molar-refractivity contribution in [3.63, 3.8) is 0 Å². The molecule has 0 saturated carbocycles. The Morgan fingerprint density at radius 1 is 1.69 bits per heavy atom. The van der Waals surface area contributed by atoms with Gasteiger partial charge in [-0.1, -0.05) is 19.0 Å². The first-order chi connectivity index (χ1) is 8.13. The number of aromatic hydroxyl groups is 1. The molecular formula is C10H15NO2. The van der Waals surface area contributed by atoms with E-state index in [1.165, 1.54) is 18.2 Å². The number of nitrogens with one attached hydrogen (secondary N) is 1. The molecule has 1 atom stereocenters. The van der Waals surface area contributed by atoms with E-state index in [2.05, 4.69) is 5.32 Å². The van der Waals surface area contributed by atoms with Crippen LogP contribution in [0, 0.1) is 0 Å². The Hall–Kier alpha value is -1.06. The van der Waals surface area contributed by atoms with Gasteiger partial charge in [0.15, 0.2) is 0 Å². The lowest BCUT2D eigenvalue weighted by molar-refractivity contribution is 0.175. The molecule has 3 N–H and O–H groups in total. The second kappa shape index (κ2) is 4.84. The topological polar surface area (TPSA) is 52.5 Å². The van der Waals surface area contributed by atoms with E-state index in [1.807, 2.05) is 0 Å². The molecule has 13 heavy (non-hydrogen) atoms. The van der Waals surface area contributed by atoms with E-state index in [0.717, 1.165) is 0 Å². The lowest BCUT2D eigenvalue weighted by Gasteiger charge is -2.11. The van der Waals surface area contributed by atoms with E-state index in [0.29, 0.717) is 5.56 Å². The Morgan fingerprint density at radius 3 is 3.23 bits per heavy atom. The van der Waals surface area contributed by atoms with E-state index < -0.39 is 19.5 Å². The molecule has 0 aromatic heterocycles.